The van der Waals surface area contributed by atoms with E-state index in [1.165, 1.54) is 5.56 Å². The zero-order chi connectivity index (χ0) is 17.5. The molecule has 4 heteroatoms. The summed E-state index contributed by atoms with van der Waals surface area (Å²) in [6, 6.07) is 11.7. The number of rotatable bonds is 8. The van der Waals surface area contributed by atoms with E-state index in [2.05, 4.69) is 6.58 Å². The van der Waals surface area contributed by atoms with Crippen LogP contribution in [0.25, 0.3) is 6.08 Å². The van der Waals surface area contributed by atoms with Gasteiger partial charge >= 0.3 is 0 Å². The summed E-state index contributed by atoms with van der Waals surface area (Å²) in [6.07, 6.45) is 2.46. The first kappa shape index (κ1) is 17.7. The van der Waals surface area contributed by atoms with Crippen molar-refractivity contribution in [1.29, 1.82) is 0 Å². The molecule has 0 aliphatic carbocycles. The molecule has 0 radical (unpaired) electrons. The molecule has 2 rings (SSSR count). The van der Waals surface area contributed by atoms with Crippen LogP contribution in [0, 0.1) is 0 Å². The van der Waals surface area contributed by atoms with Gasteiger partial charge in [0.15, 0.2) is 11.5 Å². The maximum Gasteiger partial charge on any atom is 0.203 e. The Kier molecular flexibility index (Phi) is 6.13. The molecular formula is C20H24O4. The Labute approximate surface area is 143 Å². The summed E-state index contributed by atoms with van der Waals surface area (Å²) in [6.45, 7) is 5.80. The SMILES string of the molecule is C=Cc1cc(OC)c(OC(C)Cc2ccc(OC)cc2)c(OC)c1. The van der Waals surface area contributed by atoms with E-state index in [9.17, 15) is 0 Å². The quantitative estimate of drug-likeness (QED) is 0.721. The Morgan fingerprint density at radius 1 is 0.958 bits per heavy atom. The number of ether oxygens (including phenoxy) is 4. The van der Waals surface area contributed by atoms with Gasteiger partial charge in [0.25, 0.3) is 0 Å². The van der Waals surface area contributed by atoms with Crippen LogP contribution in [0.1, 0.15) is 18.1 Å². The largest absolute Gasteiger partial charge is 0.497 e. The van der Waals surface area contributed by atoms with Gasteiger partial charge < -0.3 is 18.9 Å². The lowest BCUT2D eigenvalue weighted by Gasteiger charge is -2.20. The van der Waals surface area contributed by atoms with E-state index in [0.717, 1.165) is 17.7 Å². The molecule has 0 N–H and O–H groups in total. The maximum absolute atomic E-state index is 6.10. The molecular weight excluding hydrogens is 304 g/mol. The topological polar surface area (TPSA) is 36.9 Å². The zero-order valence-electron chi connectivity index (χ0n) is 14.7. The van der Waals surface area contributed by atoms with Gasteiger partial charge in [-0.1, -0.05) is 24.8 Å². The van der Waals surface area contributed by atoms with Crippen LogP contribution in [0.5, 0.6) is 23.0 Å². The van der Waals surface area contributed by atoms with Gasteiger partial charge in [-0.05, 0) is 42.3 Å². The van der Waals surface area contributed by atoms with Crippen LogP contribution in [0.4, 0.5) is 0 Å². The molecule has 0 saturated carbocycles. The Morgan fingerprint density at radius 3 is 2.00 bits per heavy atom. The summed E-state index contributed by atoms with van der Waals surface area (Å²) in [4.78, 5) is 0. The van der Waals surface area contributed by atoms with E-state index in [-0.39, 0.29) is 6.10 Å². The van der Waals surface area contributed by atoms with Gasteiger partial charge in [-0.15, -0.1) is 0 Å². The van der Waals surface area contributed by atoms with Gasteiger partial charge in [0, 0.05) is 6.42 Å². The van der Waals surface area contributed by atoms with Crippen molar-refractivity contribution in [2.24, 2.45) is 0 Å². The minimum atomic E-state index is -0.0456. The summed E-state index contributed by atoms with van der Waals surface area (Å²) in [5, 5.41) is 0. The van der Waals surface area contributed by atoms with Crippen molar-refractivity contribution in [3.63, 3.8) is 0 Å². The molecule has 0 amide bonds. The van der Waals surface area contributed by atoms with E-state index in [1.807, 2.05) is 43.3 Å². The highest BCUT2D eigenvalue weighted by molar-refractivity contribution is 5.61. The van der Waals surface area contributed by atoms with Crippen LogP contribution in [-0.4, -0.2) is 27.4 Å². The van der Waals surface area contributed by atoms with Crippen molar-refractivity contribution >= 4 is 6.08 Å². The second-order valence-electron chi connectivity index (χ2n) is 5.44. The normalized spacial score (nSPS) is 11.5. The van der Waals surface area contributed by atoms with E-state index < -0.39 is 0 Å². The number of hydrogen-bond acceptors (Lipinski definition) is 4. The highest BCUT2D eigenvalue weighted by atomic mass is 16.5. The van der Waals surface area contributed by atoms with Crippen molar-refractivity contribution in [2.75, 3.05) is 21.3 Å². The molecule has 2 aromatic rings. The van der Waals surface area contributed by atoms with Crippen molar-refractivity contribution < 1.29 is 18.9 Å². The van der Waals surface area contributed by atoms with Gasteiger partial charge in [-0.2, -0.15) is 0 Å². The summed E-state index contributed by atoms with van der Waals surface area (Å²) >= 11 is 0. The van der Waals surface area contributed by atoms with Gasteiger partial charge in [-0.3, -0.25) is 0 Å². The van der Waals surface area contributed by atoms with Gasteiger partial charge in [0.1, 0.15) is 11.9 Å². The molecule has 1 unspecified atom stereocenters. The molecule has 0 saturated heterocycles. The monoisotopic (exact) mass is 328 g/mol. The molecule has 0 heterocycles. The highest BCUT2D eigenvalue weighted by Gasteiger charge is 2.16. The Balaban J connectivity index is 2.17. The first-order chi connectivity index (χ1) is 11.6. The third-order valence-electron chi connectivity index (χ3n) is 3.72. The maximum atomic E-state index is 6.10. The molecule has 0 spiro atoms. The molecule has 24 heavy (non-hydrogen) atoms. The molecule has 0 fully saturated rings. The molecule has 0 aliphatic rings. The summed E-state index contributed by atoms with van der Waals surface area (Å²) in [5.41, 5.74) is 2.09. The minimum absolute atomic E-state index is 0.0456. The fourth-order valence-corrected chi connectivity index (χ4v) is 2.47. The predicted octanol–water partition coefficient (Wildman–Crippen LogP) is 4.37. The lowest BCUT2D eigenvalue weighted by atomic mass is 10.1. The Bertz CT molecular complexity index is 652. The standard InChI is InChI=1S/C20H24O4/c1-6-15-12-18(22-4)20(19(13-15)23-5)24-14(2)11-16-7-9-17(21-3)10-8-16/h6-10,12-14H,1,11H2,2-5H3. The first-order valence-corrected chi connectivity index (χ1v) is 7.79. The first-order valence-electron chi connectivity index (χ1n) is 7.79. The van der Waals surface area contributed by atoms with Gasteiger partial charge in [-0.25, -0.2) is 0 Å². The lowest BCUT2D eigenvalue weighted by molar-refractivity contribution is 0.202. The third-order valence-corrected chi connectivity index (χ3v) is 3.72. The van der Waals surface area contributed by atoms with Crippen molar-refractivity contribution in [3.05, 3.63) is 54.1 Å². The lowest BCUT2D eigenvalue weighted by Crippen LogP contribution is -2.16. The van der Waals surface area contributed by atoms with E-state index in [4.69, 9.17) is 18.9 Å². The molecule has 0 bridgehead atoms. The van der Waals surface area contributed by atoms with E-state index in [0.29, 0.717) is 17.2 Å². The average molecular weight is 328 g/mol. The molecule has 0 aliphatic heterocycles. The van der Waals surface area contributed by atoms with Crippen LogP contribution < -0.4 is 18.9 Å². The van der Waals surface area contributed by atoms with Crippen LogP contribution in [0.2, 0.25) is 0 Å². The zero-order valence-corrected chi connectivity index (χ0v) is 14.7. The number of hydrogen-bond donors (Lipinski definition) is 0. The highest BCUT2D eigenvalue weighted by Crippen LogP contribution is 2.39. The molecule has 1 atom stereocenters. The Hall–Kier alpha value is -2.62. The molecule has 0 aromatic heterocycles. The second-order valence-corrected chi connectivity index (χ2v) is 5.44. The summed E-state index contributed by atoms with van der Waals surface area (Å²) in [7, 11) is 4.89. The molecule has 4 nitrogen and oxygen atoms in total. The van der Waals surface area contributed by atoms with Crippen LogP contribution in [0.3, 0.4) is 0 Å². The van der Waals surface area contributed by atoms with Crippen molar-refractivity contribution in [3.8, 4) is 23.0 Å². The fraction of sp³-hybridized carbons (Fsp3) is 0.300. The van der Waals surface area contributed by atoms with Crippen LogP contribution in [-0.2, 0) is 6.42 Å². The smallest absolute Gasteiger partial charge is 0.203 e. The van der Waals surface area contributed by atoms with Gasteiger partial charge in [0.05, 0.1) is 21.3 Å². The van der Waals surface area contributed by atoms with Crippen LogP contribution >= 0.6 is 0 Å². The third kappa shape index (κ3) is 4.22. The molecule has 2 aromatic carbocycles. The Morgan fingerprint density at radius 2 is 1.54 bits per heavy atom. The average Bonchev–Trinajstić information content (AvgIpc) is 2.62. The van der Waals surface area contributed by atoms with E-state index in [1.54, 1.807) is 27.4 Å². The van der Waals surface area contributed by atoms with Crippen molar-refractivity contribution in [2.45, 2.75) is 19.4 Å². The summed E-state index contributed by atoms with van der Waals surface area (Å²) in [5.74, 6) is 2.71. The van der Waals surface area contributed by atoms with Crippen molar-refractivity contribution in [1.82, 2.24) is 0 Å². The predicted molar refractivity (Wildman–Crippen MR) is 96.4 cm³/mol. The number of benzene rings is 2. The van der Waals surface area contributed by atoms with E-state index >= 15 is 0 Å². The minimum Gasteiger partial charge on any atom is -0.497 e. The number of methoxy groups -OCH3 is 3. The fourth-order valence-electron chi connectivity index (χ4n) is 2.47. The molecule has 128 valence electrons. The summed E-state index contributed by atoms with van der Waals surface area (Å²) < 4.78 is 22.2. The van der Waals surface area contributed by atoms with Gasteiger partial charge in [0.2, 0.25) is 5.75 Å². The second kappa shape index (κ2) is 8.29. The van der Waals surface area contributed by atoms with Crippen LogP contribution in [0.15, 0.2) is 43.0 Å².